The van der Waals surface area contributed by atoms with Gasteiger partial charge in [0.25, 0.3) is 0 Å². The Bertz CT molecular complexity index is 303. The zero-order chi connectivity index (χ0) is 11.3. The highest BCUT2D eigenvalue weighted by Gasteiger charge is 2.13. The molecule has 1 rings (SSSR count). The third kappa shape index (κ3) is 3.61. The van der Waals surface area contributed by atoms with Crippen LogP contribution in [0.4, 0.5) is 4.39 Å². The van der Waals surface area contributed by atoms with Crippen molar-refractivity contribution in [2.45, 2.75) is 25.4 Å². The molecule has 0 saturated carbocycles. The minimum absolute atomic E-state index is 0.141. The van der Waals surface area contributed by atoms with Gasteiger partial charge in [-0.2, -0.15) is 0 Å². The van der Waals surface area contributed by atoms with Crippen molar-refractivity contribution in [1.82, 2.24) is 0 Å². The number of methoxy groups -OCH3 is 1. The maximum Gasteiger partial charge on any atom is 0.123 e. The molecule has 2 unspecified atom stereocenters. The van der Waals surface area contributed by atoms with Crippen LogP contribution in [0.2, 0.25) is 0 Å². The van der Waals surface area contributed by atoms with Gasteiger partial charge in [0.2, 0.25) is 0 Å². The summed E-state index contributed by atoms with van der Waals surface area (Å²) in [6, 6.07) is 6.60. The SMILES string of the molecule is COC(C)CC(CN)c1cccc(F)c1. The summed E-state index contributed by atoms with van der Waals surface area (Å²) < 4.78 is 18.2. The first-order chi connectivity index (χ1) is 7.17. The van der Waals surface area contributed by atoms with Crippen LogP contribution in [-0.2, 0) is 4.74 Å². The van der Waals surface area contributed by atoms with Crippen LogP contribution in [0.5, 0.6) is 0 Å². The van der Waals surface area contributed by atoms with Gasteiger partial charge in [-0.3, -0.25) is 0 Å². The summed E-state index contributed by atoms with van der Waals surface area (Å²) in [6.07, 6.45) is 0.956. The van der Waals surface area contributed by atoms with E-state index in [0.29, 0.717) is 6.54 Å². The molecular formula is C12H18FNO. The van der Waals surface area contributed by atoms with Crippen LogP contribution in [0.25, 0.3) is 0 Å². The van der Waals surface area contributed by atoms with Crippen molar-refractivity contribution in [2.24, 2.45) is 5.73 Å². The fourth-order valence-corrected chi connectivity index (χ4v) is 1.63. The summed E-state index contributed by atoms with van der Waals surface area (Å²) in [5.74, 6) is -0.0494. The van der Waals surface area contributed by atoms with Crippen molar-refractivity contribution < 1.29 is 9.13 Å². The third-order valence-corrected chi connectivity index (χ3v) is 2.62. The lowest BCUT2D eigenvalue weighted by atomic mass is 9.93. The largest absolute Gasteiger partial charge is 0.382 e. The first kappa shape index (κ1) is 12.1. The van der Waals surface area contributed by atoms with E-state index in [0.717, 1.165) is 12.0 Å². The standard InChI is InChI=1S/C12H18FNO/c1-9(15-2)6-11(8-14)10-4-3-5-12(13)7-10/h3-5,7,9,11H,6,8,14H2,1-2H3. The predicted molar refractivity (Wildman–Crippen MR) is 59.3 cm³/mol. The average molecular weight is 211 g/mol. The molecule has 0 bridgehead atoms. The van der Waals surface area contributed by atoms with Crippen molar-refractivity contribution in [3.8, 4) is 0 Å². The van der Waals surface area contributed by atoms with Crippen molar-refractivity contribution in [3.05, 3.63) is 35.6 Å². The van der Waals surface area contributed by atoms with Crippen LogP contribution in [-0.4, -0.2) is 19.8 Å². The van der Waals surface area contributed by atoms with Crippen molar-refractivity contribution in [3.63, 3.8) is 0 Å². The van der Waals surface area contributed by atoms with Crippen LogP contribution in [0.3, 0.4) is 0 Å². The van der Waals surface area contributed by atoms with E-state index in [2.05, 4.69) is 0 Å². The zero-order valence-corrected chi connectivity index (χ0v) is 9.24. The lowest BCUT2D eigenvalue weighted by Gasteiger charge is -2.19. The lowest BCUT2D eigenvalue weighted by Crippen LogP contribution is -2.18. The average Bonchev–Trinajstić information content (AvgIpc) is 2.25. The summed E-state index contributed by atoms with van der Waals surface area (Å²) in [5.41, 5.74) is 6.63. The molecule has 1 aromatic rings. The van der Waals surface area contributed by atoms with Gasteiger partial charge in [0.05, 0.1) is 6.10 Å². The number of halogens is 1. The second-order valence-corrected chi connectivity index (χ2v) is 3.77. The second kappa shape index (κ2) is 5.83. The molecule has 2 nitrogen and oxygen atoms in total. The van der Waals surface area contributed by atoms with E-state index in [1.165, 1.54) is 6.07 Å². The van der Waals surface area contributed by atoms with E-state index in [-0.39, 0.29) is 17.8 Å². The van der Waals surface area contributed by atoms with Crippen molar-refractivity contribution in [2.75, 3.05) is 13.7 Å². The number of benzene rings is 1. The van der Waals surface area contributed by atoms with E-state index >= 15 is 0 Å². The van der Waals surface area contributed by atoms with Gasteiger partial charge >= 0.3 is 0 Å². The van der Waals surface area contributed by atoms with Crippen LogP contribution in [0.15, 0.2) is 24.3 Å². The lowest BCUT2D eigenvalue weighted by molar-refractivity contribution is 0.105. The first-order valence-corrected chi connectivity index (χ1v) is 5.15. The molecule has 0 aliphatic rings. The van der Waals surface area contributed by atoms with E-state index in [1.54, 1.807) is 19.2 Å². The van der Waals surface area contributed by atoms with Gasteiger partial charge in [-0.15, -0.1) is 0 Å². The van der Waals surface area contributed by atoms with Gasteiger partial charge < -0.3 is 10.5 Å². The minimum atomic E-state index is -0.212. The number of hydrogen-bond acceptors (Lipinski definition) is 2. The fraction of sp³-hybridized carbons (Fsp3) is 0.500. The van der Waals surface area contributed by atoms with Gasteiger partial charge in [-0.05, 0) is 43.5 Å². The van der Waals surface area contributed by atoms with Gasteiger partial charge in [0.15, 0.2) is 0 Å². The molecule has 0 fully saturated rings. The van der Waals surface area contributed by atoms with E-state index in [4.69, 9.17) is 10.5 Å². The smallest absolute Gasteiger partial charge is 0.123 e. The van der Waals surface area contributed by atoms with Crippen LogP contribution in [0, 0.1) is 5.82 Å². The second-order valence-electron chi connectivity index (χ2n) is 3.77. The Morgan fingerprint density at radius 3 is 2.73 bits per heavy atom. The third-order valence-electron chi connectivity index (χ3n) is 2.62. The molecular weight excluding hydrogens is 193 g/mol. The highest BCUT2D eigenvalue weighted by molar-refractivity contribution is 5.21. The Hall–Kier alpha value is -0.930. The van der Waals surface area contributed by atoms with Crippen LogP contribution >= 0.6 is 0 Å². The number of hydrogen-bond donors (Lipinski definition) is 1. The molecule has 84 valence electrons. The maximum absolute atomic E-state index is 13.0. The molecule has 0 heterocycles. The maximum atomic E-state index is 13.0. The number of nitrogens with two attached hydrogens (primary N) is 1. The van der Waals surface area contributed by atoms with E-state index < -0.39 is 0 Å². The summed E-state index contributed by atoms with van der Waals surface area (Å²) in [6.45, 7) is 2.50. The fourth-order valence-electron chi connectivity index (χ4n) is 1.63. The quantitative estimate of drug-likeness (QED) is 0.811. The van der Waals surface area contributed by atoms with E-state index in [1.807, 2.05) is 13.0 Å². The Kier molecular flexibility index (Phi) is 4.72. The summed E-state index contributed by atoms with van der Waals surface area (Å²) in [4.78, 5) is 0. The molecule has 0 aliphatic carbocycles. The van der Waals surface area contributed by atoms with Gasteiger partial charge in [-0.1, -0.05) is 12.1 Å². The highest BCUT2D eigenvalue weighted by atomic mass is 19.1. The summed E-state index contributed by atoms with van der Waals surface area (Å²) in [7, 11) is 1.67. The number of ether oxygens (including phenoxy) is 1. The van der Waals surface area contributed by atoms with Gasteiger partial charge in [-0.25, -0.2) is 4.39 Å². The van der Waals surface area contributed by atoms with Crippen LogP contribution < -0.4 is 5.73 Å². The Labute approximate surface area is 90.2 Å². The molecule has 2 atom stereocenters. The Balaban J connectivity index is 2.73. The highest BCUT2D eigenvalue weighted by Crippen LogP contribution is 2.21. The molecule has 0 aliphatic heterocycles. The Morgan fingerprint density at radius 2 is 2.20 bits per heavy atom. The molecule has 0 radical (unpaired) electrons. The monoisotopic (exact) mass is 211 g/mol. The zero-order valence-electron chi connectivity index (χ0n) is 9.24. The predicted octanol–water partition coefficient (Wildman–Crippen LogP) is 2.29. The molecule has 15 heavy (non-hydrogen) atoms. The summed E-state index contributed by atoms with van der Waals surface area (Å²) >= 11 is 0. The van der Waals surface area contributed by atoms with Gasteiger partial charge in [0, 0.05) is 7.11 Å². The normalized spacial score (nSPS) is 14.9. The van der Waals surface area contributed by atoms with Crippen molar-refractivity contribution in [1.29, 1.82) is 0 Å². The molecule has 2 N–H and O–H groups in total. The summed E-state index contributed by atoms with van der Waals surface area (Å²) in [5, 5.41) is 0. The minimum Gasteiger partial charge on any atom is -0.382 e. The molecule has 0 saturated heterocycles. The molecule has 0 aromatic heterocycles. The van der Waals surface area contributed by atoms with Crippen molar-refractivity contribution >= 4 is 0 Å². The molecule has 0 spiro atoms. The van der Waals surface area contributed by atoms with Crippen LogP contribution in [0.1, 0.15) is 24.8 Å². The molecule has 1 aromatic carbocycles. The van der Waals surface area contributed by atoms with Gasteiger partial charge in [0.1, 0.15) is 5.82 Å². The molecule has 0 amide bonds. The molecule has 3 heteroatoms. The Morgan fingerprint density at radius 1 is 1.47 bits per heavy atom. The van der Waals surface area contributed by atoms with E-state index in [9.17, 15) is 4.39 Å². The number of rotatable bonds is 5. The topological polar surface area (TPSA) is 35.2 Å². The first-order valence-electron chi connectivity index (χ1n) is 5.15.